The molecule has 0 fully saturated rings. The van der Waals surface area contributed by atoms with Crippen LogP contribution in [0.1, 0.15) is 0 Å². The second-order valence-corrected chi connectivity index (χ2v) is 3.53. The Kier molecular flexibility index (Phi) is 2.91. The number of nitrogens with zero attached hydrogens (tertiary/aromatic N) is 3. The molecule has 0 spiro atoms. The van der Waals surface area contributed by atoms with E-state index in [9.17, 15) is 0 Å². The Balaban J connectivity index is 2.59. The van der Waals surface area contributed by atoms with E-state index in [0.717, 1.165) is 11.3 Å². The summed E-state index contributed by atoms with van der Waals surface area (Å²) in [5.74, 6) is 0.702. The smallest absolute Gasteiger partial charge is 0.145 e. The van der Waals surface area contributed by atoms with Crippen LogP contribution < -0.4 is 4.74 Å². The third-order valence-electron chi connectivity index (χ3n) is 1.91. The Labute approximate surface area is 95.5 Å². The van der Waals surface area contributed by atoms with E-state index in [2.05, 4.69) is 30.9 Å². The second-order valence-electron chi connectivity index (χ2n) is 2.78. The largest absolute Gasteiger partial charge is 0.494 e. The van der Waals surface area contributed by atoms with Crippen LogP contribution in [0.4, 0.5) is 0 Å². The normalized spacial score (nSPS) is 10.0. The molecule has 15 heavy (non-hydrogen) atoms. The summed E-state index contributed by atoms with van der Waals surface area (Å²) >= 11 is 3.35. The van der Waals surface area contributed by atoms with E-state index >= 15 is 0 Å². The van der Waals surface area contributed by atoms with Gasteiger partial charge in [0.05, 0.1) is 12.7 Å². The molecule has 4 nitrogen and oxygen atoms in total. The van der Waals surface area contributed by atoms with Gasteiger partial charge in [-0.05, 0) is 28.1 Å². The van der Waals surface area contributed by atoms with Crippen LogP contribution in [0.25, 0.3) is 11.3 Å². The molecule has 0 saturated carbocycles. The van der Waals surface area contributed by atoms with E-state index in [-0.39, 0.29) is 0 Å². The minimum absolute atomic E-state index is 0.702. The molecule has 0 unspecified atom stereocenters. The molecule has 0 saturated heterocycles. The number of hydrogen-bond acceptors (Lipinski definition) is 4. The van der Waals surface area contributed by atoms with E-state index < -0.39 is 0 Å². The lowest BCUT2D eigenvalue weighted by Crippen LogP contribution is -1.93. The zero-order valence-corrected chi connectivity index (χ0v) is 9.60. The minimum atomic E-state index is 0.702. The number of pyridine rings is 1. The standard InChI is InChI=1S/C10H8BrN3O/c1-15-8-3-2-4-13-9(8)7-5-12-6-14-10(7)11/h2-6H,1H3. The van der Waals surface area contributed by atoms with Gasteiger partial charge in [0, 0.05) is 12.4 Å². The molecule has 76 valence electrons. The zero-order valence-electron chi connectivity index (χ0n) is 8.01. The Morgan fingerprint density at radius 2 is 2.20 bits per heavy atom. The highest BCUT2D eigenvalue weighted by atomic mass is 79.9. The van der Waals surface area contributed by atoms with E-state index in [1.165, 1.54) is 6.33 Å². The minimum Gasteiger partial charge on any atom is -0.494 e. The first-order chi connectivity index (χ1) is 7.33. The lowest BCUT2D eigenvalue weighted by Gasteiger charge is -2.07. The Bertz CT molecular complexity index is 476. The van der Waals surface area contributed by atoms with Crippen LogP contribution in [0.5, 0.6) is 5.75 Å². The maximum absolute atomic E-state index is 5.22. The molecule has 0 radical (unpaired) electrons. The maximum atomic E-state index is 5.22. The molecule has 5 heteroatoms. The van der Waals surface area contributed by atoms with Gasteiger partial charge in [0.2, 0.25) is 0 Å². The molecule has 2 aromatic heterocycles. The quantitative estimate of drug-likeness (QED) is 0.782. The Morgan fingerprint density at radius 1 is 1.33 bits per heavy atom. The molecule has 0 bridgehead atoms. The first kappa shape index (κ1) is 10.0. The van der Waals surface area contributed by atoms with Crippen LogP contribution in [-0.4, -0.2) is 22.1 Å². The lowest BCUT2D eigenvalue weighted by molar-refractivity contribution is 0.414. The van der Waals surface area contributed by atoms with Crippen molar-refractivity contribution in [3.05, 3.63) is 35.5 Å². The van der Waals surface area contributed by atoms with Crippen molar-refractivity contribution in [1.82, 2.24) is 15.0 Å². The molecule has 2 heterocycles. The Morgan fingerprint density at radius 3 is 2.93 bits per heavy atom. The van der Waals surface area contributed by atoms with Crippen molar-refractivity contribution in [2.75, 3.05) is 7.11 Å². The summed E-state index contributed by atoms with van der Waals surface area (Å²) in [6.45, 7) is 0. The number of ether oxygens (including phenoxy) is 1. The summed E-state index contributed by atoms with van der Waals surface area (Å²) in [6, 6.07) is 3.67. The molecule has 0 amide bonds. The van der Waals surface area contributed by atoms with Gasteiger partial charge in [-0.15, -0.1) is 0 Å². The summed E-state index contributed by atoms with van der Waals surface area (Å²) in [6.07, 6.45) is 4.88. The highest BCUT2D eigenvalue weighted by Crippen LogP contribution is 2.30. The number of rotatable bonds is 2. The van der Waals surface area contributed by atoms with Crippen LogP contribution in [0, 0.1) is 0 Å². The van der Waals surface area contributed by atoms with Crippen LogP contribution in [0.3, 0.4) is 0 Å². The summed E-state index contributed by atoms with van der Waals surface area (Å²) in [7, 11) is 1.61. The van der Waals surface area contributed by atoms with Gasteiger partial charge >= 0.3 is 0 Å². The molecular weight excluding hydrogens is 258 g/mol. The van der Waals surface area contributed by atoms with Gasteiger partial charge in [0.1, 0.15) is 22.4 Å². The van der Waals surface area contributed by atoms with Crippen molar-refractivity contribution in [3.8, 4) is 17.0 Å². The van der Waals surface area contributed by atoms with Crippen molar-refractivity contribution in [2.24, 2.45) is 0 Å². The number of hydrogen-bond donors (Lipinski definition) is 0. The highest BCUT2D eigenvalue weighted by Gasteiger charge is 2.10. The fourth-order valence-electron chi connectivity index (χ4n) is 1.23. The zero-order chi connectivity index (χ0) is 10.7. The third kappa shape index (κ3) is 1.97. The number of aromatic nitrogens is 3. The van der Waals surface area contributed by atoms with Gasteiger partial charge < -0.3 is 4.74 Å². The van der Waals surface area contributed by atoms with Crippen LogP contribution in [0.2, 0.25) is 0 Å². The van der Waals surface area contributed by atoms with E-state index in [4.69, 9.17) is 4.74 Å². The molecule has 2 rings (SSSR count). The lowest BCUT2D eigenvalue weighted by atomic mass is 10.2. The maximum Gasteiger partial charge on any atom is 0.145 e. The first-order valence-corrected chi connectivity index (χ1v) is 5.07. The monoisotopic (exact) mass is 265 g/mol. The highest BCUT2D eigenvalue weighted by molar-refractivity contribution is 9.10. The van der Waals surface area contributed by atoms with Crippen molar-refractivity contribution in [3.63, 3.8) is 0 Å². The van der Waals surface area contributed by atoms with Crippen molar-refractivity contribution >= 4 is 15.9 Å². The summed E-state index contributed by atoms with van der Waals surface area (Å²) in [4.78, 5) is 12.2. The molecule has 0 atom stereocenters. The SMILES string of the molecule is COc1cccnc1-c1cncnc1Br. The van der Waals surface area contributed by atoms with E-state index in [0.29, 0.717) is 10.4 Å². The van der Waals surface area contributed by atoms with Crippen LogP contribution in [0.15, 0.2) is 35.5 Å². The number of methoxy groups -OCH3 is 1. The van der Waals surface area contributed by atoms with Gasteiger partial charge in [-0.2, -0.15) is 0 Å². The van der Waals surface area contributed by atoms with Gasteiger partial charge in [-0.25, -0.2) is 9.97 Å². The van der Waals surface area contributed by atoms with Gasteiger partial charge in [-0.3, -0.25) is 4.98 Å². The molecule has 0 aromatic carbocycles. The Hall–Kier alpha value is -1.49. The molecule has 2 aromatic rings. The van der Waals surface area contributed by atoms with Gasteiger partial charge in [0.15, 0.2) is 0 Å². The van der Waals surface area contributed by atoms with Crippen molar-refractivity contribution in [2.45, 2.75) is 0 Å². The molecule has 0 N–H and O–H groups in total. The molecular formula is C10H8BrN3O. The van der Waals surface area contributed by atoms with Crippen LogP contribution in [-0.2, 0) is 0 Å². The summed E-state index contributed by atoms with van der Waals surface area (Å²) < 4.78 is 5.92. The van der Waals surface area contributed by atoms with E-state index in [1.54, 1.807) is 19.5 Å². The van der Waals surface area contributed by atoms with Crippen LogP contribution >= 0.6 is 15.9 Å². The van der Waals surface area contributed by atoms with Crippen molar-refractivity contribution < 1.29 is 4.74 Å². The fraction of sp³-hybridized carbons (Fsp3) is 0.100. The first-order valence-electron chi connectivity index (χ1n) is 4.28. The molecule has 0 aliphatic heterocycles. The molecule has 0 aliphatic carbocycles. The third-order valence-corrected chi connectivity index (χ3v) is 2.54. The summed E-state index contributed by atoms with van der Waals surface area (Å²) in [5.41, 5.74) is 1.54. The van der Waals surface area contributed by atoms with Crippen molar-refractivity contribution in [1.29, 1.82) is 0 Å². The number of halogens is 1. The topological polar surface area (TPSA) is 47.9 Å². The predicted octanol–water partition coefficient (Wildman–Crippen LogP) is 2.31. The second kappa shape index (κ2) is 4.35. The van der Waals surface area contributed by atoms with E-state index in [1.807, 2.05) is 12.1 Å². The predicted molar refractivity (Wildman–Crippen MR) is 59.5 cm³/mol. The summed E-state index contributed by atoms with van der Waals surface area (Å²) in [5, 5.41) is 0. The fourth-order valence-corrected chi connectivity index (χ4v) is 1.61. The average Bonchev–Trinajstić information content (AvgIpc) is 2.30. The molecule has 0 aliphatic rings. The van der Waals surface area contributed by atoms with Gasteiger partial charge in [0.25, 0.3) is 0 Å². The average molecular weight is 266 g/mol. The van der Waals surface area contributed by atoms with Gasteiger partial charge in [-0.1, -0.05) is 0 Å².